The molecule has 96 valence electrons. The van der Waals surface area contributed by atoms with E-state index in [1.165, 1.54) is 11.3 Å². The maximum atomic E-state index is 13.7. The lowest BCUT2D eigenvalue weighted by Gasteiger charge is -2.17. The molecule has 1 aromatic heterocycles. The van der Waals surface area contributed by atoms with Gasteiger partial charge >= 0.3 is 0 Å². The van der Waals surface area contributed by atoms with Crippen LogP contribution in [0.3, 0.4) is 0 Å². The molecular formula is C11H8BrF3N2S. The van der Waals surface area contributed by atoms with Gasteiger partial charge in [-0.3, -0.25) is 5.84 Å². The summed E-state index contributed by atoms with van der Waals surface area (Å²) in [5, 5.41) is 3.47. The fourth-order valence-corrected chi connectivity index (χ4v) is 3.21. The third-order valence-corrected chi connectivity index (χ3v) is 4.20. The Morgan fingerprint density at radius 3 is 2.22 bits per heavy atom. The molecule has 18 heavy (non-hydrogen) atoms. The lowest BCUT2D eigenvalue weighted by Crippen LogP contribution is -2.30. The standard InChI is InChI=1S/C11H8BrF3N2S/c12-7-4-18-3-6(7)11(17-16)10-8(14)1-5(13)2-9(10)15/h1-4,11,17H,16H2. The number of halogens is 4. The molecule has 0 amide bonds. The monoisotopic (exact) mass is 336 g/mol. The highest BCUT2D eigenvalue weighted by atomic mass is 79.9. The summed E-state index contributed by atoms with van der Waals surface area (Å²) >= 11 is 4.62. The number of hydrazine groups is 1. The molecule has 0 saturated heterocycles. The molecule has 0 aliphatic heterocycles. The molecule has 0 radical (unpaired) electrons. The number of thiophene rings is 1. The summed E-state index contributed by atoms with van der Waals surface area (Å²) < 4.78 is 40.9. The van der Waals surface area contributed by atoms with Crippen molar-refractivity contribution in [2.24, 2.45) is 5.84 Å². The summed E-state index contributed by atoms with van der Waals surface area (Å²) in [5.41, 5.74) is 2.62. The van der Waals surface area contributed by atoms with Gasteiger partial charge in [0.05, 0.1) is 6.04 Å². The van der Waals surface area contributed by atoms with Gasteiger partial charge in [0, 0.05) is 27.5 Å². The third-order valence-electron chi connectivity index (χ3n) is 2.45. The summed E-state index contributed by atoms with van der Waals surface area (Å²) in [6.07, 6.45) is 0. The summed E-state index contributed by atoms with van der Waals surface area (Å²) in [6.45, 7) is 0. The second kappa shape index (κ2) is 5.40. The highest BCUT2D eigenvalue weighted by Gasteiger charge is 2.24. The molecule has 7 heteroatoms. The molecule has 3 N–H and O–H groups in total. The number of nitrogens with one attached hydrogen (secondary N) is 1. The Bertz CT molecular complexity index is 550. The Kier molecular flexibility index (Phi) is 4.06. The van der Waals surface area contributed by atoms with E-state index in [9.17, 15) is 13.2 Å². The van der Waals surface area contributed by atoms with Gasteiger partial charge in [-0.2, -0.15) is 11.3 Å². The fraction of sp³-hybridized carbons (Fsp3) is 0.0909. The highest BCUT2D eigenvalue weighted by molar-refractivity contribution is 9.10. The molecule has 1 heterocycles. The largest absolute Gasteiger partial charge is 0.271 e. The Balaban J connectivity index is 2.56. The van der Waals surface area contributed by atoms with Crippen molar-refractivity contribution in [2.75, 3.05) is 0 Å². The Morgan fingerprint density at radius 2 is 1.78 bits per heavy atom. The van der Waals surface area contributed by atoms with Crippen molar-refractivity contribution in [3.63, 3.8) is 0 Å². The predicted octanol–water partition coefficient (Wildman–Crippen LogP) is 3.48. The van der Waals surface area contributed by atoms with Crippen molar-refractivity contribution in [1.29, 1.82) is 0 Å². The van der Waals surface area contributed by atoms with Gasteiger partial charge in [-0.05, 0) is 26.9 Å². The molecule has 0 aliphatic carbocycles. The first-order valence-corrected chi connectivity index (χ1v) is 6.60. The fourth-order valence-electron chi connectivity index (χ4n) is 1.66. The van der Waals surface area contributed by atoms with Gasteiger partial charge in [0.15, 0.2) is 0 Å². The molecule has 0 spiro atoms. The van der Waals surface area contributed by atoms with Crippen molar-refractivity contribution >= 4 is 27.3 Å². The first kappa shape index (κ1) is 13.5. The summed E-state index contributed by atoms with van der Waals surface area (Å²) in [7, 11) is 0. The van der Waals surface area contributed by atoms with E-state index in [-0.39, 0.29) is 5.56 Å². The minimum Gasteiger partial charge on any atom is -0.271 e. The quantitative estimate of drug-likeness (QED) is 0.665. The smallest absolute Gasteiger partial charge is 0.134 e. The van der Waals surface area contributed by atoms with Crippen LogP contribution in [-0.4, -0.2) is 0 Å². The van der Waals surface area contributed by atoms with Gasteiger partial charge in [-0.1, -0.05) is 0 Å². The molecule has 1 aromatic carbocycles. The van der Waals surface area contributed by atoms with Crippen molar-refractivity contribution in [3.8, 4) is 0 Å². The molecule has 2 rings (SSSR count). The zero-order valence-corrected chi connectivity index (χ0v) is 11.3. The molecule has 0 bridgehead atoms. The number of hydrogen-bond acceptors (Lipinski definition) is 3. The lowest BCUT2D eigenvalue weighted by atomic mass is 10.0. The normalized spacial score (nSPS) is 12.7. The number of hydrogen-bond donors (Lipinski definition) is 2. The second-order valence-corrected chi connectivity index (χ2v) is 5.16. The van der Waals surface area contributed by atoms with E-state index >= 15 is 0 Å². The van der Waals surface area contributed by atoms with Crippen molar-refractivity contribution in [3.05, 3.63) is 55.9 Å². The number of rotatable bonds is 3. The molecule has 0 aliphatic rings. The second-order valence-electron chi connectivity index (χ2n) is 3.56. The Morgan fingerprint density at radius 1 is 1.17 bits per heavy atom. The van der Waals surface area contributed by atoms with E-state index in [1.807, 2.05) is 0 Å². The molecule has 2 aromatic rings. The van der Waals surface area contributed by atoms with Crippen molar-refractivity contribution < 1.29 is 13.2 Å². The number of nitrogens with two attached hydrogens (primary N) is 1. The lowest BCUT2D eigenvalue weighted by molar-refractivity contribution is 0.492. The number of benzene rings is 1. The van der Waals surface area contributed by atoms with Gasteiger partial charge in [-0.25, -0.2) is 18.6 Å². The maximum Gasteiger partial charge on any atom is 0.134 e. The summed E-state index contributed by atoms with van der Waals surface area (Å²) in [6, 6.07) is 0.373. The van der Waals surface area contributed by atoms with Crippen molar-refractivity contribution in [1.82, 2.24) is 5.43 Å². The SMILES string of the molecule is NNC(c1cscc1Br)c1c(F)cc(F)cc1F. The van der Waals surface area contributed by atoms with E-state index in [0.29, 0.717) is 22.2 Å². The van der Waals surface area contributed by atoms with E-state index in [4.69, 9.17) is 5.84 Å². The molecule has 1 unspecified atom stereocenters. The van der Waals surface area contributed by atoms with Crippen LogP contribution >= 0.6 is 27.3 Å². The van der Waals surface area contributed by atoms with Gasteiger partial charge in [0.2, 0.25) is 0 Å². The first-order chi connectivity index (χ1) is 8.54. The van der Waals surface area contributed by atoms with Crippen LogP contribution in [0.1, 0.15) is 17.2 Å². The van der Waals surface area contributed by atoms with Crippen LogP contribution in [0.5, 0.6) is 0 Å². The van der Waals surface area contributed by atoms with Crippen LogP contribution in [0.25, 0.3) is 0 Å². The topological polar surface area (TPSA) is 38.0 Å². The minimum absolute atomic E-state index is 0.307. The molecule has 0 fully saturated rings. The molecule has 2 nitrogen and oxygen atoms in total. The molecular weight excluding hydrogens is 329 g/mol. The van der Waals surface area contributed by atoms with Crippen LogP contribution in [0.15, 0.2) is 27.4 Å². The summed E-state index contributed by atoms with van der Waals surface area (Å²) in [5.74, 6) is 2.43. The molecule has 1 atom stereocenters. The van der Waals surface area contributed by atoms with E-state index < -0.39 is 23.5 Å². The van der Waals surface area contributed by atoms with E-state index in [0.717, 1.165) is 0 Å². The first-order valence-electron chi connectivity index (χ1n) is 4.86. The highest BCUT2D eigenvalue weighted by Crippen LogP contribution is 2.33. The zero-order chi connectivity index (χ0) is 13.3. The van der Waals surface area contributed by atoms with E-state index in [2.05, 4.69) is 21.4 Å². The van der Waals surface area contributed by atoms with Crippen LogP contribution in [0.4, 0.5) is 13.2 Å². The predicted molar refractivity (Wildman–Crippen MR) is 67.5 cm³/mol. The minimum atomic E-state index is -0.978. The van der Waals surface area contributed by atoms with Crippen LogP contribution in [0.2, 0.25) is 0 Å². The Labute approximate surface area is 114 Å². The Hall–Kier alpha value is -0.890. The van der Waals surface area contributed by atoms with Gasteiger partial charge in [0.25, 0.3) is 0 Å². The van der Waals surface area contributed by atoms with Gasteiger partial charge < -0.3 is 0 Å². The van der Waals surface area contributed by atoms with Gasteiger partial charge in [0.1, 0.15) is 17.5 Å². The maximum absolute atomic E-state index is 13.7. The third kappa shape index (κ3) is 2.44. The zero-order valence-electron chi connectivity index (χ0n) is 8.88. The van der Waals surface area contributed by atoms with Gasteiger partial charge in [-0.15, -0.1) is 0 Å². The molecule has 0 saturated carbocycles. The van der Waals surface area contributed by atoms with Crippen LogP contribution in [0, 0.1) is 17.5 Å². The van der Waals surface area contributed by atoms with Crippen molar-refractivity contribution in [2.45, 2.75) is 6.04 Å². The average molecular weight is 337 g/mol. The van der Waals surface area contributed by atoms with E-state index in [1.54, 1.807) is 10.8 Å². The van der Waals surface area contributed by atoms with Crippen LogP contribution in [-0.2, 0) is 0 Å². The average Bonchev–Trinajstić information content (AvgIpc) is 2.69. The summed E-state index contributed by atoms with van der Waals surface area (Å²) in [4.78, 5) is 0. The van der Waals surface area contributed by atoms with Crippen LogP contribution < -0.4 is 11.3 Å².